The molecule has 0 saturated carbocycles. The molecule has 3 saturated heterocycles. The Balaban J connectivity index is 1.13. The van der Waals surface area contributed by atoms with Gasteiger partial charge in [-0.15, -0.1) is 16.9 Å². The highest BCUT2D eigenvalue weighted by molar-refractivity contribution is 8.01. The molecule has 4 heterocycles. The highest BCUT2D eigenvalue weighted by Crippen LogP contribution is 2.50. The first-order chi connectivity index (χ1) is 19.5. The van der Waals surface area contributed by atoms with E-state index in [-0.39, 0.29) is 41.3 Å². The molecule has 1 aromatic heterocycles. The van der Waals surface area contributed by atoms with Gasteiger partial charge in [0.05, 0.1) is 25.5 Å². The number of aliphatic carboxylic acids is 1. The fraction of sp³-hybridized carbons (Fsp3) is 0.560. The van der Waals surface area contributed by atoms with E-state index in [1.54, 1.807) is 24.0 Å². The van der Waals surface area contributed by atoms with Crippen LogP contribution < -0.4 is 15.5 Å². The number of aromatic nitrogens is 2. The fourth-order valence-electron chi connectivity index (χ4n) is 5.30. The van der Waals surface area contributed by atoms with Gasteiger partial charge in [-0.1, -0.05) is 0 Å². The van der Waals surface area contributed by atoms with Crippen molar-refractivity contribution in [2.24, 2.45) is 0 Å². The molecular weight excluding hydrogens is 577 g/mol. The van der Waals surface area contributed by atoms with E-state index >= 15 is 0 Å². The summed E-state index contributed by atoms with van der Waals surface area (Å²) in [5.74, 6) is -1.41. The minimum atomic E-state index is -1.02. The quantitative estimate of drug-likeness (QED) is 0.283. The number of thioether (sulfide) groups is 1. The smallest absolute Gasteiger partial charge is 0.409 e. The summed E-state index contributed by atoms with van der Waals surface area (Å²) in [6.45, 7) is 7.86. The largest absolute Gasteiger partial charge is 0.480 e. The number of hydrogen-bond donors (Lipinski definition) is 3. The first kappa shape index (κ1) is 29.1. The molecule has 1 unspecified atom stereocenters. The van der Waals surface area contributed by atoms with Crippen molar-refractivity contribution in [1.29, 1.82) is 0 Å². The molecule has 41 heavy (non-hydrogen) atoms. The molecule has 3 aliphatic rings. The molecule has 0 aliphatic carbocycles. The number of ether oxygens (including phenoxy) is 1. The Morgan fingerprint density at radius 2 is 2.02 bits per heavy atom. The number of halogens is 1. The first-order valence-electron chi connectivity index (χ1n) is 13.2. The Kier molecular flexibility index (Phi) is 8.16. The van der Waals surface area contributed by atoms with Crippen molar-refractivity contribution in [3.8, 4) is 0 Å². The number of benzene rings is 1. The molecule has 1 aromatic carbocycles. The number of carbonyl (C=O) groups excluding carboxylic acids is 2. The van der Waals surface area contributed by atoms with Gasteiger partial charge in [-0.2, -0.15) is 0 Å². The standard InChI is InChI=1S/C25H32FN7O6S2/c1-4-38-23(37)31-9-7-30(8-10-31)16-6-5-14(11-15(16)26)27-12-17-29-32(24(40)39-17)13-28-18-20(34)33-19(22(35)36)25(2,3)41-21(18)33/h5-6,11,18-19,21,27-28H,4,7-10,12-13H2,1-3H3,(H,35,36)/t18-,19?,21-/m1/s1. The minimum absolute atomic E-state index is 0.101. The SMILES string of the molecule is CCOC(=O)N1CCN(c2ccc(NCc3nn(CN[C@@H]4C(=O)N5C(C(=O)O)C(C)(C)S[C@H]45)c(=S)o3)cc2F)CC1. The Labute approximate surface area is 245 Å². The van der Waals surface area contributed by atoms with Gasteiger partial charge in [0, 0.05) is 36.6 Å². The summed E-state index contributed by atoms with van der Waals surface area (Å²) in [5, 5.41) is 19.8. The molecular formula is C25H32FN7O6S2. The Bertz CT molecular complexity index is 1390. The molecule has 2 amide bonds. The highest BCUT2D eigenvalue weighted by atomic mass is 32.2. The molecule has 3 fully saturated rings. The average molecular weight is 610 g/mol. The molecule has 0 bridgehead atoms. The molecule has 222 valence electrons. The van der Waals surface area contributed by atoms with Crippen LogP contribution in [0.25, 0.3) is 0 Å². The van der Waals surface area contributed by atoms with Gasteiger partial charge in [-0.3, -0.25) is 10.1 Å². The number of piperazine rings is 1. The van der Waals surface area contributed by atoms with Crippen molar-refractivity contribution in [2.45, 2.75) is 56.2 Å². The number of anilines is 2. The maximum atomic E-state index is 14.9. The normalized spacial score (nSPS) is 23.3. The number of nitrogens with zero attached hydrogens (tertiary/aromatic N) is 5. The van der Waals surface area contributed by atoms with Crippen LogP contribution in [-0.4, -0.2) is 97.6 Å². The highest BCUT2D eigenvalue weighted by Gasteiger charge is 2.63. The number of carbonyl (C=O) groups is 3. The third-order valence-electron chi connectivity index (χ3n) is 7.32. The van der Waals surface area contributed by atoms with Crippen molar-refractivity contribution < 1.29 is 33.0 Å². The number of carboxylic acid groups (broad SMARTS) is 1. The second-order valence-corrected chi connectivity index (χ2v) is 12.5. The summed E-state index contributed by atoms with van der Waals surface area (Å²) < 4.78 is 26.3. The molecule has 3 aliphatic heterocycles. The second-order valence-electron chi connectivity index (χ2n) is 10.4. The van der Waals surface area contributed by atoms with Gasteiger partial charge in [0.1, 0.15) is 23.3 Å². The summed E-state index contributed by atoms with van der Waals surface area (Å²) in [6, 6.07) is 3.39. The van der Waals surface area contributed by atoms with Gasteiger partial charge in [0.2, 0.25) is 11.8 Å². The van der Waals surface area contributed by atoms with Crippen LogP contribution in [0.15, 0.2) is 22.6 Å². The van der Waals surface area contributed by atoms with E-state index in [4.69, 9.17) is 21.4 Å². The zero-order valence-corrected chi connectivity index (χ0v) is 24.5. The molecule has 5 rings (SSSR count). The Morgan fingerprint density at radius 1 is 1.29 bits per heavy atom. The summed E-state index contributed by atoms with van der Waals surface area (Å²) in [5.41, 5.74) is 0.980. The molecule has 3 atom stereocenters. The van der Waals surface area contributed by atoms with Crippen molar-refractivity contribution in [3.05, 3.63) is 34.7 Å². The van der Waals surface area contributed by atoms with E-state index in [9.17, 15) is 23.9 Å². The number of amides is 2. The third-order valence-corrected chi connectivity index (χ3v) is 9.19. The molecule has 0 radical (unpaired) electrons. The Morgan fingerprint density at radius 3 is 2.68 bits per heavy atom. The van der Waals surface area contributed by atoms with Crippen LogP contribution in [0.2, 0.25) is 0 Å². The van der Waals surface area contributed by atoms with E-state index in [0.717, 1.165) is 0 Å². The number of fused-ring (bicyclic) bond motifs is 1. The average Bonchev–Trinajstić information content (AvgIpc) is 3.41. The predicted octanol–water partition coefficient (Wildman–Crippen LogP) is 2.30. The number of β-lactam (4-membered cyclic amide) rings is 1. The van der Waals surface area contributed by atoms with Gasteiger partial charge >= 0.3 is 12.1 Å². The lowest BCUT2D eigenvalue weighted by molar-refractivity contribution is -0.160. The zero-order valence-electron chi connectivity index (χ0n) is 22.8. The third kappa shape index (κ3) is 5.72. The monoisotopic (exact) mass is 609 g/mol. The van der Waals surface area contributed by atoms with Gasteiger partial charge in [-0.05, 0) is 51.2 Å². The van der Waals surface area contributed by atoms with Gasteiger partial charge in [0.15, 0.2) is 0 Å². The van der Waals surface area contributed by atoms with Gasteiger partial charge < -0.3 is 34.3 Å². The lowest BCUT2D eigenvalue weighted by Gasteiger charge is -2.43. The summed E-state index contributed by atoms with van der Waals surface area (Å²) >= 11 is 6.71. The summed E-state index contributed by atoms with van der Waals surface area (Å²) in [4.78, 5) is 41.3. The van der Waals surface area contributed by atoms with E-state index in [0.29, 0.717) is 44.2 Å². The summed E-state index contributed by atoms with van der Waals surface area (Å²) in [7, 11) is 0. The van der Waals surface area contributed by atoms with Crippen LogP contribution in [0.5, 0.6) is 0 Å². The molecule has 16 heteroatoms. The van der Waals surface area contributed by atoms with E-state index in [2.05, 4.69) is 15.7 Å². The van der Waals surface area contributed by atoms with Crippen LogP contribution in [0.1, 0.15) is 26.7 Å². The van der Waals surface area contributed by atoms with Crippen LogP contribution in [0.4, 0.5) is 20.6 Å². The van der Waals surface area contributed by atoms with Crippen LogP contribution in [-0.2, 0) is 27.5 Å². The van der Waals surface area contributed by atoms with Crippen LogP contribution >= 0.6 is 24.0 Å². The first-order valence-corrected chi connectivity index (χ1v) is 14.5. The molecule has 13 nitrogen and oxygen atoms in total. The van der Waals surface area contributed by atoms with E-state index in [1.165, 1.54) is 27.4 Å². The van der Waals surface area contributed by atoms with Crippen LogP contribution in [0.3, 0.4) is 0 Å². The molecule has 3 N–H and O–H groups in total. The van der Waals surface area contributed by atoms with Crippen LogP contribution in [0, 0.1) is 10.7 Å². The second kappa shape index (κ2) is 11.5. The predicted molar refractivity (Wildman–Crippen MR) is 151 cm³/mol. The topological polar surface area (TPSA) is 145 Å². The lowest BCUT2D eigenvalue weighted by atomic mass is 9.96. The number of rotatable bonds is 9. The van der Waals surface area contributed by atoms with Gasteiger partial charge in [0.25, 0.3) is 4.84 Å². The number of nitrogens with one attached hydrogen (secondary N) is 2. The van der Waals surface area contributed by atoms with Gasteiger partial charge in [-0.25, -0.2) is 18.7 Å². The maximum Gasteiger partial charge on any atom is 0.409 e. The lowest BCUT2D eigenvalue weighted by Crippen LogP contribution is -2.70. The molecule has 2 aromatic rings. The van der Waals surface area contributed by atoms with Crippen molar-refractivity contribution in [3.63, 3.8) is 0 Å². The minimum Gasteiger partial charge on any atom is -0.480 e. The Hall–Kier alpha value is -3.37. The fourth-order valence-corrected chi connectivity index (χ4v) is 7.16. The van der Waals surface area contributed by atoms with Crippen molar-refractivity contribution >= 4 is 53.3 Å². The van der Waals surface area contributed by atoms with E-state index in [1.807, 2.05) is 18.7 Å². The number of carboxylic acids is 1. The van der Waals surface area contributed by atoms with E-state index < -0.39 is 28.6 Å². The van der Waals surface area contributed by atoms with Crippen molar-refractivity contribution in [1.82, 2.24) is 24.9 Å². The zero-order chi connectivity index (χ0) is 29.5. The summed E-state index contributed by atoms with van der Waals surface area (Å²) in [6.07, 6.45) is -0.355. The molecule has 0 spiro atoms. The maximum absolute atomic E-state index is 14.9. The van der Waals surface area contributed by atoms with Crippen molar-refractivity contribution in [2.75, 3.05) is 43.0 Å². The number of hydrogen-bond acceptors (Lipinski definition) is 11.